The third kappa shape index (κ3) is 11.7. The summed E-state index contributed by atoms with van der Waals surface area (Å²) in [6.07, 6.45) is 3.63. The number of nitrogens with one attached hydrogen (secondary N) is 4. The first-order chi connectivity index (χ1) is 16.3. The molecule has 0 aliphatic carbocycles. The molecule has 0 saturated heterocycles. The van der Waals surface area contributed by atoms with Gasteiger partial charge in [-0.25, -0.2) is 9.59 Å². The van der Waals surface area contributed by atoms with Crippen LogP contribution in [0.15, 0.2) is 67.5 Å². The number of aliphatic imine (C=N–C) groups is 2. The Hall–Kier alpha value is -3.12. The lowest BCUT2D eigenvalue weighted by Gasteiger charge is -2.07. The zero-order valence-corrected chi connectivity index (χ0v) is 21.7. The first kappa shape index (κ1) is 27.1. The lowest BCUT2D eigenvalue weighted by atomic mass is 10.2. The van der Waals surface area contributed by atoms with Gasteiger partial charge in [-0.15, -0.1) is 0 Å². The highest BCUT2D eigenvalue weighted by molar-refractivity contribution is 9.10. The maximum atomic E-state index is 11.9. The van der Waals surface area contributed by atoms with Gasteiger partial charge in [-0.2, -0.15) is 9.98 Å². The fourth-order valence-electron chi connectivity index (χ4n) is 2.70. The van der Waals surface area contributed by atoms with E-state index in [4.69, 9.17) is 11.5 Å². The molecule has 2 aromatic carbocycles. The molecule has 0 fully saturated rings. The number of rotatable bonds is 9. The maximum absolute atomic E-state index is 11.9. The first-order valence-electron chi connectivity index (χ1n) is 10.6. The minimum atomic E-state index is -0.539. The van der Waals surface area contributed by atoms with Crippen molar-refractivity contribution in [2.45, 2.75) is 25.7 Å². The number of anilines is 2. The predicted molar refractivity (Wildman–Crippen MR) is 144 cm³/mol. The number of guanidine groups is 2. The molecule has 0 saturated carbocycles. The van der Waals surface area contributed by atoms with Gasteiger partial charge in [0.05, 0.1) is 0 Å². The number of carbonyl (C=O) groups is 2. The molecule has 0 spiro atoms. The van der Waals surface area contributed by atoms with Crippen LogP contribution in [-0.2, 0) is 0 Å². The summed E-state index contributed by atoms with van der Waals surface area (Å²) in [7, 11) is 0. The lowest BCUT2D eigenvalue weighted by Crippen LogP contribution is -2.34. The van der Waals surface area contributed by atoms with Crippen LogP contribution in [-0.4, -0.2) is 37.1 Å². The second-order valence-corrected chi connectivity index (χ2v) is 8.97. The van der Waals surface area contributed by atoms with Gasteiger partial charge in [0.2, 0.25) is 0 Å². The van der Waals surface area contributed by atoms with Crippen molar-refractivity contribution in [1.82, 2.24) is 10.6 Å². The molecule has 0 bridgehead atoms. The number of nitrogens with zero attached hydrogens (tertiary/aromatic N) is 2. The Morgan fingerprint density at radius 1 is 0.647 bits per heavy atom. The van der Waals surface area contributed by atoms with Crippen molar-refractivity contribution < 1.29 is 9.59 Å². The van der Waals surface area contributed by atoms with Crippen molar-refractivity contribution in [3.8, 4) is 0 Å². The van der Waals surface area contributed by atoms with Gasteiger partial charge < -0.3 is 32.7 Å². The number of benzene rings is 2. The minimum absolute atomic E-state index is 0.0710. The summed E-state index contributed by atoms with van der Waals surface area (Å²) in [5.41, 5.74) is 12.8. The minimum Gasteiger partial charge on any atom is -0.370 e. The van der Waals surface area contributed by atoms with Crippen molar-refractivity contribution >= 4 is 67.2 Å². The molecule has 4 amide bonds. The van der Waals surface area contributed by atoms with Crippen LogP contribution in [0, 0.1) is 0 Å². The summed E-state index contributed by atoms with van der Waals surface area (Å²) >= 11 is 6.67. The molecule has 0 aliphatic heterocycles. The Morgan fingerprint density at radius 2 is 1.00 bits per heavy atom. The molecule has 8 N–H and O–H groups in total. The standard InChI is InChI=1S/C22H28Br2N8O2/c23-15-5-9-17(10-6-15)29-21(33)31-19(25)27-13-3-1-2-4-14-28-20(26)32-22(34)30-18-11-7-16(24)8-12-18/h5-12H,1-4,13-14H2,(H4,25,27,29,31,33)(H4,26,28,30,32,34). The van der Waals surface area contributed by atoms with Crippen LogP contribution in [0.2, 0.25) is 0 Å². The number of hydrogen-bond donors (Lipinski definition) is 6. The molecule has 0 aromatic heterocycles. The van der Waals surface area contributed by atoms with Crippen molar-refractivity contribution in [2.75, 3.05) is 23.7 Å². The van der Waals surface area contributed by atoms with E-state index in [1.165, 1.54) is 0 Å². The molecule has 2 aromatic rings. The fraction of sp³-hybridized carbons (Fsp3) is 0.273. The van der Waals surface area contributed by atoms with Crippen LogP contribution < -0.4 is 32.7 Å². The highest BCUT2D eigenvalue weighted by Gasteiger charge is 2.03. The fourth-order valence-corrected chi connectivity index (χ4v) is 3.23. The molecular formula is C22H28Br2N8O2. The smallest absolute Gasteiger partial charge is 0.348 e. The van der Waals surface area contributed by atoms with Gasteiger partial charge in [0.15, 0.2) is 11.9 Å². The summed E-state index contributed by atoms with van der Waals surface area (Å²) in [5.74, 6) is 0.142. The van der Waals surface area contributed by atoms with Crippen molar-refractivity contribution in [1.29, 1.82) is 0 Å². The van der Waals surface area contributed by atoms with E-state index in [0.29, 0.717) is 24.5 Å². The van der Waals surface area contributed by atoms with Crippen molar-refractivity contribution in [3.63, 3.8) is 0 Å². The number of carbonyl (C=O) groups excluding carboxylic acids is 2. The Morgan fingerprint density at radius 3 is 1.35 bits per heavy atom. The molecular weight excluding hydrogens is 568 g/mol. The molecule has 0 aliphatic rings. The van der Waals surface area contributed by atoms with E-state index in [1.54, 1.807) is 24.3 Å². The van der Waals surface area contributed by atoms with E-state index in [9.17, 15) is 9.59 Å². The van der Waals surface area contributed by atoms with Gasteiger partial charge >= 0.3 is 12.1 Å². The molecule has 0 heterocycles. The van der Waals surface area contributed by atoms with Gasteiger partial charge in [0.1, 0.15) is 0 Å². The van der Waals surface area contributed by atoms with Gasteiger partial charge in [-0.1, -0.05) is 44.7 Å². The summed E-state index contributed by atoms with van der Waals surface area (Å²) in [4.78, 5) is 31.2. The first-order valence-corrected chi connectivity index (χ1v) is 12.2. The molecule has 0 unspecified atom stereocenters. The monoisotopic (exact) mass is 594 g/mol. The topological polar surface area (TPSA) is 159 Å². The van der Waals surface area contributed by atoms with E-state index in [1.807, 2.05) is 24.3 Å². The number of unbranched alkanes of at least 4 members (excludes halogenated alkanes) is 3. The average Bonchev–Trinajstić information content (AvgIpc) is 2.78. The summed E-state index contributed by atoms with van der Waals surface area (Å²) in [5, 5.41) is 11.1. The van der Waals surface area contributed by atoms with Gasteiger partial charge in [0, 0.05) is 33.4 Å². The Kier molecular flexibility index (Phi) is 11.9. The number of urea groups is 2. The quantitative estimate of drug-likeness (QED) is 0.144. The normalized spacial score (nSPS) is 11.6. The number of hydrogen-bond acceptors (Lipinski definition) is 2. The van der Waals surface area contributed by atoms with Gasteiger partial charge in [-0.3, -0.25) is 0 Å². The second-order valence-electron chi connectivity index (χ2n) is 7.14. The van der Waals surface area contributed by atoms with E-state index < -0.39 is 12.1 Å². The van der Waals surface area contributed by atoms with Gasteiger partial charge in [0.25, 0.3) is 0 Å². The maximum Gasteiger partial charge on any atom is 0.348 e. The third-order valence-corrected chi connectivity index (χ3v) is 5.41. The van der Waals surface area contributed by atoms with Crippen LogP contribution in [0.5, 0.6) is 0 Å². The largest absolute Gasteiger partial charge is 0.370 e. The zero-order chi connectivity index (χ0) is 24.8. The highest BCUT2D eigenvalue weighted by atomic mass is 79.9. The van der Waals surface area contributed by atoms with Crippen LogP contribution in [0.25, 0.3) is 0 Å². The van der Waals surface area contributed by atoms with E-state index >= 15 is 0 Å². The number of nitrogens with two attached hydrogens (primary N) is 2. The Bertz CT molecular complexity index is 913. The van der Waals surface area contributed by atoms with Crippen LogP contribution >= 0.6 is 31.9 Å². The van der Waals surface area contributed by atoms with Crippen molar-refractivity contribution in [2.24, 2.45) is 21.5 Å². The SMILES string of the molecule is NC(=NC(=O)Nc1ccc(Br)cc1)NCCCCCCNC(N)=NC(=O)Nc1ccc(Br)cc1. The molecule has 2 rings (SSSR count). The highest BCUT2D eigenvalue weighted by Crippen LogP contribution is 2.15. The Balaban J connectivity index is 1.52. The molecule has 0 atom stereocenters. The third-order valence-electron chi connectivity index (χ3n) is 4.35. The van der Waals surface area contributed by atoms with Crippen LogP contribution in [0.4, 0.5) is 21.0 Å². The summed E-state index contributed by atoms with van der Waals surface area (Å²) in [6.45, 7) is 1.21. The average molecular weight is 596 g/mol. The summed E-state index contributed by atoms with van der Waals surface area (Å²) < 4.78 is 1.84. The van der Waals surface area contributed by atoms with E-state index in [-0.39, 0.29) is 11.9 Å². The number of halogens is 2. The second kappa shape index (κ2) is 14.9. The van der Waals surface area contributed by atoms with Crippen LogP contribution in [0.3, 0.4) is 0 Å². The molecule has 10 nitrogen and oxygen atoms in total. The number of amides is 4. The van der Waals surface area contributed by atoms with Crippen LogP contribution in [0.1, 0.15) is 25.7 Å². The molecule has 12 heteroatoms. The molecule has 34 heavy (non-hydrogen) atoms. The molecule has 182 valence electrons. The predicted octanol–water partition coefficient (Wildman–Crippen LogP) is 4.34. The lowest BCUT2D eigenvalue weighted by molar-refractivity contribution is 0.258. The summed E-state index contributed by atoms with van der Waals surface area (Å²) in [6, 6.07) is 13.2. The Labute approximate surface area is 215 Å². The molecule has 0 radical (unpaired) electrons. The van der Waals surface area contributed by atoms with E-state index in [2.05, 4.69) is 63.1 Å². The van der Waals surface area contributed by atoms with E-state index in [0.717, 1.165) is 34.6 Å². The van der Waals surface area contributed by atoms with Gasteiger partial charge in [-0.05, 0) is 61.4 Å². The zero-order valence-electron chi connectivity index (χ0n) is 18.5. The van der Waals surface area contributed by atoms with Crippen molar-refractivity contribution in [3.05, 3.63) is 57.5 Å².